The van der Waals surface area contributed by atoms with E-state index in [2.05, 4.69) is 17.4 Å². The molecule has 22 heavy (non-hydrogen) atoms. The third-order valence-electron chi connectivity index (χ3n) is 4.59. The predicted molar refractivity (Wildman–Crippen MR) is 88.4 cm³/mol. The lowest BCUT2D eigenvalue weighted by Crippen LogP contribution is -2.43. The Kier molecular flexibility index (Phi) is 4.25. The monoisotopic (exact) mass is 294 g/mol. The van der Waals surface area contributed by atoms with Gasteiger partial charge in [0.25, 0.3) is 5.91 Å². The maximum atomic E-state index is 12.6. The molecule has 1 saturated carbocycles. The minimum Gasteiger partial charge on any atom is -0.343 e. The number of nitrogens with one attached hydrogen (secondary N) is 1. The highest BCUT2D eigenvalue weighted by Crippen LogP contribution is 2.38. The van der Waals surface area contributed by atoms with Gasteiger partial charge in [0.15, 0.2) is 0 Å². The van der Waals surface area contributed by atoms with Crippen LogP contribution in [0.3, 0.4) is 0 Å². The zero-order valence-corrected chi connectivity index (χ0v) is 12.7. The van der Waals surface area contributed by atoms with Crippen LogP contribution in [-0.2, 0) is 12.1 Å². The SMILES string of the molecule is NCc1ccc(C(=O)NC2(c3ccccc3)CCCC2)cc1. The number of hydrogen-bond donors (Lipinski definition) is 2. The normalized spacial score (nSPS) is 16.4. The molecule has 0 atom stereocenters. The minimum atomic E-state index is -0.217. The van der Waals surface area contributed by atoms with Crippen molar-refractivity contribution in [3.63, 3.8) is 0 Å². The number of carbonyl (C=O) groups excluding carboxylic acids is 1. The van der Waals surface area contributed by atoms with Gasteiger partial charge in [-0.2, -0.15) is 0 Å². The van der Waals surface area contributed by atoms with Crippen molar-refractivity contribution in [2.24, 2.45) is 5.73 Å². The molecule has 0 aromatic heterocycles. The Labute approximate surface area is 131 Å². The zero-order chi connectivity index (χ0) is 15.4. The van der Waals surface area contributed by atoms with E-state index in [1.807, 2.05) is 42.5 Å². The first-order chi connectivity index (χ1) is 10.7. The summed E-state index contributed by atoms with van der Waals surface area (Å²) in [4.78, 5) is 12.6. The number of rotatable bonds is 4. The Hall–Kier alpha value is -2.13. The lowest BCUT2D eigenvalue weighted by Gasteiger charge is -2.31. The van der Waals surface area contributed by atoms with E-state index in [1.165, 1.54) is 5.56 Å². The maximum Gasteiger partial charge on any atom is 0.251 e. The first-order valence-corrected chi connectivity index (χ1v) is 7.91. The Morgan fingerprint density at radius 1 is 1.00 bits per heavy atom. The molecule has 1 amide bonds. The molecule has 1 aliphatic rings. The van der Waals surface area contributed by atoms with Gasteiger partial charge in [-0.05, 0) is 36.1 Å². The van der Waals surface area contributed by atoms with Crippen LogP contribution in [0, 0.1) is 0 Å². The first kappa shape index (κ1) is 14.8. The molecule has 3 rings (SSSR count). The molecule has 2 aromatic rings. The lowest BCUT2D eigenvalue weighted by molar-refractivity contribution is 0.0898. The van der Waals surface area contributed by atoms with Gasteiger partial charge in [-0.1, -0.05) is 55.3 Å². The van der Waals surface area contributed by atoms with Crippen LogP contribution >= 0.6 is 0 Å². The number of carbonyl (C=O) groups is 1. The van der Waals surface area contributed by atoms with E-state index >= 15 is 0 Å². The Morgan fingerprint density at radius 3 is 2.23 bits per heavy atom. The molecule has 0 aliphatic heterocycles. The molecule has 3 N–H and O–H groups in total. The molecule has 114 valence electrons. The molecule has 1 aliphatic carbocycles. The van der Waals surface area contributed by atoms with E-state index < -0.39 is 0 Å². The van der Waals surface area contributed by atoms with Crippen LogP contribution in [0.2, 0.25) is 0 Å². The number of benzene rings is 2. The van der Waals surface area contributed by atoms with Crippen molar-refractivity contribution < 1.29 is 4.79 Å². The standard InChI is InChI=1S/C19H22N2O/c20-14-15-8-10-16(11-9-15)18(22)21-19(12-4-5-13-19)17-6-2-1-3-7-17/h1-3,6-11H,4-5,12-14,20H2,(H,21,22). The van der Waals surface area contributed by atoms with Crippen molar-refractivity contribution in [3.05, 3.63) is 71.3 Å². The average Bonchev–Trinajstić information content (AvgIpc) is 3.05. The van der Waals surface area contributed by atoms with Gasteiger partial charge >= 0.3 is 0 Å². The first-order valence-electron chi connectivity index (χ1n) is 7.91. The summed E-state index contributed by atoms with van der Waals surface area (Å²) in [5.41, 5.74) is 8.33. The summed E-state index contributed by atoms with van der Waals surface area (Å²) < 4.78 is 0. The summed E-state index contributed by atoms with van der Waals surface area (Å²) in [5.74, 6) is -0.00526. The van der Waals surface area contributed by atoms with E-state index in [0.717, 1.165) is 31.2 Å². The third kappa shape index (κ3) is 2.90. The second-order valence-electron chi connectivity index (χ2n) is 6.01. The van der Waals surface area contributed by atoms with Crippen LogP contribution in [0.15, 0.2) is 54.6 Å². The second kappa shape index (κ2) is 6.32. The summed E-state index contributed by atoms with van der Waals surface area (Å²) in [6, 6.07) is 17.9. The quantitative estimate of drug-likeness (QED) is 0.908. The fraction of sp³-hybridized carbons (Fsp3) is 0.316. The molecule has 3 nitrogen and oxygen atoms in total. The highest BCUT2D eigenvalue weighted by molar-refractivity contribution is 5.94. The van der Waals surface area contributed by atoms with E-state index in [1.54, 1.807) is 0 Å². The predicted octanol–water partition coefficient (Wildman–Crippen LogP) is 3.34. The molecular weight excluding hydrogens is 272 g/mol. The Balaban J connectivity index is 1.83. The molecule has 3 heteroatoms. The van der Waals surface area contributed by atoms with E-state index in [-0.39, 0.29) is 11.4 Å². The Morgan fingerprint density at radius 2 is 1.64 bits per heavy atom. The molecule has 0 heterocycles. The molecule has 0 bridgehead atoms. The summed E-state index contributed by atoms with van der Waals surface area (Å²) >= 11 is 0. The van der Waals surface area contributed by atoms with Gasteiger partial charge in [-0.15, -0.1) is 0 Å². The van der Waals surface area contributed by atoms with Crippen molar-refractivity contribution in [3.8, 4) is 0 Å². The molecular formula is C19H22N2O. The maximum absolute atomic E-state index is 12.6. The third-order valence-corrected chi connectivity index (χ3v) is 4.59. The van der Waals surface area contributed by atoms with Crippen LogP contribution in [0.25, 0.3) is 0 Å². The van der Waals surface area contributed by atoms with Gasteiger partial charge in [-0.25, -0.2) is 0 Å². The van der Waals surface area contributed by atoms with Gasteiger partial charge in [0.1, 0.15) is 0 Å². The number of amides is 1. The van der Waals surface area contributed by atoms with Crippen LogP contribution in [0.5, 0.6) is 0 Å². The smallest absolute Gasteiger partial charge is 0.251 e. The summed E-state index contributed by atoms with van der Waals surface area (Å²) in [6.45, 7) is 0.496. The molecule has 1 fully saturated rings. The van der Waals surface area contributed by atoms with Crippen molar-refractivity contribution >= 4 is 5.91 Å². The highest BCUT2D eigenvalue weighted by atomic mass is 16.1. The van der Waals surface area contributed by atoms with Crippen LogP contribution in [0.1, 0.15) is 47.2 Å². The lowest BCUT2D eigenvalue weighted by atomic mass is 9.88. The molecule has 2 aromatic carbocycles. The van der Waals surface area contributed by atoms with Gasteiger partial charge in [0, 0.05) is 12.1 Å². The molecule has 0 unspecified atom stereocenters. The molecule has 0 radical (unpaired) electrons. The van der Waals surface area contributed by atoms with Crippen LogP contribution < -0.4 is 11.1 Å². The van der Waals surface area contributed by atoms with E-state index in [0.29, 0.717) is 12.1 Å². The van der Waals surface area contributed by atoms with Crippen LogP contribution in [-0.4, -0.2) is 5.91 Å². The molecule has 0 spiro atoms. The van der Waals surface area contributed by atoms with E-state index in [9.17, 15) is 4.79 Å². The fourth-order valence-corrected chi connectivity index (χ4v) is 3.30. The largest absolute Gasteiger partial charge is 0.343 e. The van der Waals surface area contributed by atoms with Gasteiger partial charge < -0.3 is 11.1 Å². The second-order valence-corrected chi connectivity index (χ2v) is 6.01. The fourth-order valence-electron chi connectivity index (χ4n) is 3.30. The molecule has 0 saturated heterocycles. The Bertz CT molecular complexity index is 628. The van der Waals surface area contributed by atoms with E-state index in [4.69, 9.17) is 5.73 Å². The summed E-state index contributed by atoms with van der Waals surface area (Å²) in [6.07, 6.45) is 4.32. The van der Waals surface area contributed by atoms with Crippen molar-refractivity contribution in [2.75, 3.05) is 0 Å². The van der Waals surface area contributed by atoms with Gasteiger partial charge in [-0.3, -0.25) is 4.79 Å². The topological polar surface area (TPSA) is 55.1 Å². The average molecular weight is 294 g/mol. The van der Waals surface area contributed by atoms with Crippen LogP contribution in [0.4, 0.5) is 0 Å². The minimum absolute atomic E-state index is 0.00526. The van der Waals surface area contributed by atoms with Crippen molar-refractivity contribution in [1.82, 2.24) is 5.32 Å². The highest BCUT2D eigenvalue weighted by Gasteiger charge is 2.36. The number of hydrogen-bond acceptors (Lipinski definition) is 2. The van der Waals surface area contributed by atoms with Crippen molar-refractivity contribution in [1.29, 1.82) is 0 Å². The van der Waals surface area contributed by atoms with Crippen molar-refractivity contribution in [2.45, 2.75) is 37.8 Å². The van der Waals surface area contributed by atoms with Gasteiger partial charge in [0.2, 0.25) is 0 Å². The zero-order valence-electron chi connectivity index (χ0n) is 12.7. The summed E-state index contributed by atoms with van der Waals surface area (Å²) in [7, 11) is 0. The van der Waals surface area contributed by atoms with Gasteiger partial charge in [0.05, 0.1) is 5.54 Å². The number of nitrogens with two attached hydrogens (primary N) is 1. The summed E-state index contributed by atoms with van der Waals surface area (Å²) in [5, 5.41) is 3.29.